The Morgan fingerprint density at radius 3 is 2.15 bits per heavy atom. The number of carbonyl (C=O) groups is 1. The standard InChI is InChI=1S/C18H38N6O3/c1-2-3-4-5-6-7-8-9-10-11-14-21-17(25)16(19)13-12-15-22-18(20)23-24(26)27/h16H,2-15,19H2,1H3,(H,21,25)(H3,20,22,23)/t16-/m1/s1. The summed E-state index contributed by atoms with van der Waals surface area (Å²) in [5.41, 5.74) is 12.9. The minimum Gasteiger partial charge on any atom is -0.365 e. The van der Waals surface area contributed by atoms with Crippen molar-refractivity contribution >= 4 is 11.9 Å². The molecule has 0 spiro atoms. The number of nitrogens with two attached hydrogens (primary N) is 2. The van der Waals surface area contributed by atoms with Gasteiger partial charge < -0.3 is 16.8 Å². The van der Waals surface area contributed by atoms with E-state index in [2.05, 4.69) is 17.2 Å². The third-order valence-corrected chi connectivity index (χ3v) is 4.33. The predicted molar refractivity (Wildman–Crippen MR) is 109 cm³/mol. The van der Waals surface area contributed by atoms with Gasteiger partial charge in [0.05, 0.1) is 6.04 Å². The van der Waals surface area contributed by atoms with E-state index in [0.717, 1.165) is 12.8 Å². The highest BCUT2D eigenvalue weighted by Crippen LogP contribution is 2.10. The molecule has 0 saturated heterocycles. The minimum atomic E-state index is -0.772. The van der Waals surface area contributed by atoms with Gasteiger partial charge in [0.15, 0.2) is 5.03 Å². The number of guanidine groups is 1. The van der Waals surface area contributed by atoms with Crippen LogP contribution in [0.25, 0.3) is 0 Å². The van der Waals surface area contributed by atoms with Crippen molar-refractivity contribution in [3.05, 3.63) is 10.1 Å². The number of nitro groups is 1. The average molecular weight is 387 g/mol. The van der Waals surface area contributed by atoms with Crippen molar-refractivity contribution in [3.8, 4) is 0 Å². The first-order chi connectivity index (χ1) is 13.0. The summed E-state index contributed by atoms with van der Waals surface area (Å²) >= 11 is 0. The van der Waals surface area contributed by atoms with Gasteiger partial charge in [0.1, 0.15) is 0 Å². The van der Waals surface area contributed by atoms with Crippen molar-refractivity contribution in [1.82, 2.24) is 10.7 Å². The fraction of sp³-hybridized carbons (Fsp3) is 0.889. The lowest BCUT2D eigenvalue weighted by Gasteiger charge is -2.11. The maximum absolute atomic E-state index is 11.9. The second-order valence-electron chi connectivity index (χ2n) is 6.86. The van der Waals surface area contributed by atoms with Crippen molar-refractivity contribution in [2.24, 2.45) is 16.5 Å². The molecule has 0 aromatic heterocycles. The summed E-state index contributed by atoms with van der Waals surface area (Å²) in [6.45, 7) is 3.17. The van der Waals surface area contributed by atoms with Crippen LogP contribution < -0.4 is 22.2 Å². The molecule has 1 atom stereocenters. The summed E-state index contributed by atoms with van der Waals surface area (Å²) in [7, 11) is 0. The van der Waals surface area contributed by atoms with Gasteiger partial charge in [0, 0.05) is 13.1 Å². The molecule has 0 aromatic carbocycles. The number of hydrogen-bond acceptors (Lipinski definition) is 5. The Hall–Kier alpha value is -1.90. The quantitative estimate of drug-likeness (QED) is 0.0990. The smallest absolute Gasteiger partial charge is 0.251 e. The SMILES string of the molecule is CCCCCCCCCCCCNC(=O)[C@H](N)CCCN=C(N)N[N+](=O)[O-]. The molecule has 0 aliphatic rings. The summed E-state index contributed by atoms with van der Waals surface area (Å²) < 4.78 is 0. The molecule has 0 bridgehead atoms. The van der Waals surface area contributed by atoms with Crippen LogP contribution in [0.3, 0.4) is 0 Å². The fourth-order valence-electron chi connectivity index (χ4n) is 2.73. The molecule has 0 aromatic rings. The Kier molecular flexibility index (Phi) is 16.3. The van der Waals surface area contributed by atoms with Crippen molar-refractivity contribution in [2.75, 3.05) is 13.1 Å². The lowest BCUT2D eigenvalue weighted by atomic mass is 10.1. The van der Waals surface area contributed by atoms with Crippen LogP contribution in [0, 0.1) is 10.1 Å². The van der Waals surface area contributed by atoms with Crippen LogP contribution in [0.4, 0.5) is 0 Å². The van der Waals surface area contributed by atoms with Crippen molar-refractivity contribution in [2.45, 2.75) is 90.0 Å². The molecular formula is C18H38N6O3. The van der Waals surface area contributed by atoms with Crippen molar-refractivity contribution in [1.29, 1.82) is 0 Å². The number of hydrazine groups is 1. The van der Waals surface area contributed by atoms with Gasteiger partial charge >= 0.3 is 0 Å². The third kappa shape index (κ3) is 17.3. The summed E-state index contributed by atoms with van der Waals surface area (Å²) in [5.74, 6) is -0.412. The van der Waals surface area contributed by atoms with Gasteiger partial charge in [-0.1, -0.05) is 70.1 Å². The van der Waals surface area contributed by atoms with Gasteiger partial charge in [-0.15, -0.1) is 0 Å². The number of aliphatic imine (C=N–C) groups is 1. The van der Waals surface area contributed by atoms with Crippen LogP contribution in [0.15, 0.2) is 4.99 Å². The number of rotatable bonds is 17. The Balaban J connectivity index is 3.52. The van der Waals surface area contributed by atoms with Crippen LogP contribution in [-0.4, -0.2) is 36.0 Å². The van der Waals surface area contributed by atoms with Gasteiger partial charge in [-0.05, 0) is 19.3 Å². The van der Waals surface area contributed by atoms with Crippen molar-refractivity contribution in [3.63, 3.8) is 0 Å². The van der Waals surface area contributed by atoms with Gasteiger partial charge in [0.2, 0.25) is 5.91 Å². The molecule has 9 heteroatoms. The normalized spacial score (nSPS) is 12.6. The highest BCUT2D eigenvalue weighted by atomic mass is 16.7. The molecule has 0 fully saturated rings. The van der Waals surface area contributed by atoms with Gasteiger partial charge in [0.25, 0.3) is 5.96 Å². The van der Waals surface area contributed by atoms with Crippen LogP contribution in [-0.2, 0) is 4.79 Å². The predicted octanol–water partition coefficient (Wildman–Crippen LogP) is 2.23. The Labute approximate surface area is 162 Å². The molecular weight excluding hydrogens is 348 g/mol. The Morgan fingerprint density at radius 1 is 1.04 bits per heavy atom. The number of carbonyl (C=O) groups excluding carboxylic acids is 1. The maximum atomic E-state index is 11.9. The van der Waals surface area contributed by atoms with E-state index in [1.165, 1.54) is 51.4 Å². The van der Waals surface area contributed by atoms with E-state index < -0.39 is 11.1 Å². The molecule has 0 radical (unpaired) electrons. The van der Waals surface area contributed by atoms with E-state index in [1.807, 2.05) is 0 Å². The maximum Gasteiger partial charge on any atom is 0.251 e. The highest BCUT2D eigenvalue weighted by Gasteiger charge is 2.12. The lowest BCUT2D eigenvalue weighted by molar-refractivity contribution is -0.525. The topological polar surface area (TPSA) is 149 Å². The number of hydrogen-bond donors (Lipinski definition) is 4. The summed E-state index contributed by atoms with van der Waals surface area (Å²) in [4.78, 5) is 25.8. The largest absolute Gasteiger partial charge is 0.365 e. The van der Waals surface area contributed by atoms with Crippen LogP contribution >= 0.6 is 0 Å². The first-order valence-corrected chi connectivity index (χ1v) is 10.2. The third-order valence-electron chi connectivity index (χ3n) is 4.33. The van der Waals surface area contributed by atoms with E-state index >= 15 is 0 Å². The zero-order chi connectivity index (χ0) is 20.3. The summed E-state index contributed by atoms with van der Waals surface area (Å²) in [5, 5.41) is 12.2. The second kappa shape index (κ2) is 17.5. The van der Waals surface area contributed by atoms with Crippen LogP contribution in [0.5, 0.6) is 0 Å². The van der Waals surface area contributed by atoms with Crippen molar-refractivity contribution < 1.29 is 9.83 Å². The zero-order valence-corrected chi connectivity index (χ0v) is 16.8. The highest BCUT2D eigenvalue weighted by molar-refractivity contribution is 5.81. The molecule has 0 heterocycles. The first kappa shape index (κ1) is 25.1. The van der Waals surface area contributed by atoms with Crippen LogP contribution in [0.2, 0.25) is 0 Å². The zero-order valence-electron chi connectivity index (χ0n) is 16.8. The summed E-state index contributed by atoms with van der Waals surface area (Å²) in [6.07, 6.45) is 13.6. The van der Waals surface area contributed by atoms with Gasteiger partial charge in [-0.3, -0.25) is 4.79 Å². The van der Waals surface area contributed by atoms with E-state index in [1.54, 1.807) is 5.43 Å². The Morgan fingerprint density at radius 2 is 1.59 bits per heavy atom. The Bertz CT molecular complexity index is 431. The van der Waals surface area contributed by atoms with Gasteiger partial charge in [-0.25, -0.2) is 15.1 Å². The van der Waals surface area contributed by atoms with Gasteiger partial charge in [-0.2, -0.15) is 0 Å². The monoisotopic (exact) mass is 386 g/mol. The molecule has 0 unspecified atom stereocenters. The average Bonchev–Trinajstić information content (AvgIpc) is 2.62. The summed E-state index contributed by atoms with van der Waals surface area (Å²) in [6, 6.07) is -0.590. The van der Waals surface area contributed by atoms with Crippen LogP contribution in [0.1, 0.15) is 84.0 Å². The molecule has 1 amide bonds. The van der Waals surface area contributed by atoms with E-state index in [-0.39, 0.29) is 18.4 Å². The number of unbranched alkanes of at least 4 members (excludes halogenated alkanes) is 9. The second-order valence-corrected chi connectivity index (χ2v) is 6.86. The van der Waals surface area contributed by atoms with E-state index in [9.17, 15) is 14.9 Å². The molecule has 0 saturated carbocycles. The molecule has 0 aliphatic heterocycles. The molecule has 6 N–H and O–H groups in total. The lowest BCUT2D eigenvalue weighted by Crippen LogP contribution is -2.41. The molecule has 27 heavy (non-hydrogen) atoms. The number of amides is 1. The minimum absolute atomic E-state index is 0.161. The first-order valence-electron chi connectivity index (χ1n) is 10.2. The molecule has 158 valence electrons. The molecule has 0 aliphatic carbocycles. The number of nitrogens with one attached hydrogen (secondary N) is 2. The van der Waals surface area contributed by atoms with E-state index in [0.29, 0.717) is 19.4 Å². The fourth-order valence-corrected chi connectivity index (χ4v) is 2.73. The molecule has 0 rings (SSSR count). The number of nitrogens with zero attached hydrogens (tertiary/aromatic N) is 2. The van der Waals surface area contributed by atoms with E-state index in [4.69, 9.17) is 11.5 Å². The molecule has 9 nitrogen and oxygen atoms in total.